The summed E-state index contributed by atoms with van der Waals surface area (Å²) in [6.07, 6.45) is -4.88. The van der Waals surface area contributed by atoms with Gasteiger partial charge in [0.05, 0.1) is 19.4 Å². The Labute approximate surface area is 134 Å². The van der Waals surface area contributed by atoms with Gasteiger partial charge in [-0.25, -0.2) is 9.79 Å². The standard InChI is InChI=1S/C15H20F3NO3Si/c1-21-12-7-5-11(6-8-12)19-13(15(16,17)18)14(20)22-9-10-23(2,3)4/h5-8H,9-10H2,1-4H3. The zero-order valence-corrected chi connectivity index (χ0v) is 14.5. The lowest BCUT2D eigenvalue weighted by Crippen LogP contribution is -2.33. The molecule has 0 radical (unpaired) electrons. The first-order chi connectivity index (χ1) is 10.5. The second kappa shape index (κ2) is 7.63. The number of methoxy groups -OCH3 is 1. The van der Waals surface area contributed by atoms with E-state index in [0.717, 1.165) is 0 Å². The maximum absolute atomic E-state index is 13.0. The molecule has 0 aliphatic carbocycles. The summed E-state index contributed by atoms with van der Waals surface area (Å²) in [7, 11) is -0.0618. The van der Waals surface area contributed by atoms with E-state index in [1.165, 1.54) is 31.4 Å². The molecule has 4 nitrogen and oxygen atoms in total. The van der Waals surface area contributed by atoms with Crippen LogP contribution in [0.25, 0.3) is 0 Å². The molecule has 0 amide bonds. The summed E-state index contributed by atoms with van der Waals surface area (Å²) < 4.78 is 48.7. The van der Waals surface area contributed by atoms with Crippen LogP contribution in [0.15, 0.2) is 29.3 Å². The average molecular weight is 347 g/mol. The van der Waals surface area contributed by atoms with E-state index >= 15 is 0 Å². The van der Waals surface area contributed by atoms with Crippen LogP contribution in [0, 0.1) is 0 Å². The Bertz CT molecular complexity index is 563. The summed E-state index contributed by atoms with van der Waals surface area (Å²) in [5.74, 6) is -0.971. The van der Waals surface area contributed by atoms with Crippen LogP contribution < -0.4 is 4.74 Å². The molecule has 0 saturated carbocycles. The lowest BCUT2D eigenvalue weighted by atomic mass is 10.3. The number of esters is 1. The van der Waals surface area contributed by atoms with E-state index in [1.54, 1.807) is 0 Å². The number of nitrogens with zero attached hydrogens (tertiary/aromatic N) is 1. The average Bonchev–Trinajstić information content (AvgIpc) is 2.42. The number of ether oxygens (including phenoxy) is 2. The number of alkyl halides is 3. The third kappa shape index (κ3) is 6.85. The molecule has 0 aliphatic heterocycles. The van der Waals surface area contributed by atoms with Gasteiger partial charge in [0.25, 0.3) is 0 Å². The molecule has 0 bridgehead atoms. The maximum Gasteiger partial charge on any atom is 0.440 e. The quantitative estimate of drug-likeness (QED) is 0.440. The predicted octanol–water partition coefficient (Wildman–Crippen LogP) is 4.21. The van der Waals surface area contributed by atoms with Crippen molar-refractivity contribution in [1.29, 1.82) is 0 Å². The second-order valence-corrected chi connectivity index (χ2v) is 11.7. The zero-order valence-electron chi connectivity index (χ0n) is 13.5. The Morgan fingerprint density at radius 3 is 2.17 bits per heavy atom. The van der Waals surface area contributed by atoms with Gasteiger partial charge in [-0.05, 0) is 30.3 Å². The first kappa shape index (κ1) is 19.2. The van der Waals surface area contributed by atoms with Crippen LogP contribution >= 0.6 is 0 Å². The molecule has 0 unspecified atom stereocenters. The number of aliphatic imine (C=N–C) groups is 1. The van der Waals surface area contributed by atoms with Gasteiger partial charge < -0.3 is 9.47 Å². The van der Waals surface area contributed by atoms with Gasteiger partial charge in [-0.15, -0.1) is 0 Å². The van der Waals surface area contributed by atoms with Gasteiger partial charge in [-0.2, -0.15) is 13.2 Å². The highest BCUT2D eigenvalue weighted by atomic mass is 28.3. The summed E-state index contributed by atoms with van der Waals surface area (Å²) in [5.41, 5.74) is -1.56. The highest BCUT2D eigenvalue weighted by Gasteiger charge is 2.42. The summed E-state index contributed by atoms with van der Waals surface area (Å²) >= 11 is 0. The normalized spacial score (nSPS) is 12.9. The van der Waals surface area contributed by atoms with Crippen molar-refractivity contribution in [1.82, 2.24) is 0 Å². The molecule has 0 heterocycles. The van der Waals surface area contributed by atoms with Crippen LogP contribution in [0.2, 0.25) is 25.7 Å². The summed E-state index contributed by atoms with van der Waals surface area (Å²) in [6.45, 7) is 6.08. The minimum absolute atomic E-state index is 0.000251. The van der Waals surface area contributed by atoms with Crippen molar-refractivity contribution in [3.05, 3.63) is 24.3 Å². The smallest absolute Gasteiger partial charge is 0.440 e. The number of halogens is 3. The van der Waals surface area contributed by atoms with Crippen molar-refractivity contribution in [2.75, 3.05) is 13.7 Å². The Balaban J connectivity index is 2.91. The fourth-order valence-corrected chi connectivity index (χ4v) is 2.24. The van der Waals surface area contributed by atoms with E-state index in [9.17, 15) is 18.0 Å². The van der Waals surface area contributed by atoms with Gasteiger partial charge >= 0.3 is 12.1 Å². The van der Waals surface area contributed by atoms with Crippen LogP contribution in [0.5, 0.6) is 5.75 Å². The largest absolute Gasteiger partial charge is 0.497 e. The molecule has 0 fully saturated rings. The highest BCUT2D eigenvalue weighted by Crippen LogP contribution is 2.24. The van der Waals surface area contributed by atoms with E-state index < -0.39 is 25.9 Å². The zero-order chi connectivity index (χ0) is 17.7. The number of rotatable bonds is 6. The summed E-state index contributed by atoms with van der Waals surface area (Å²) in [6, 6.07) is 6.18. The summed E-state index contributed by atoms with van der Waals surface area (Å²) in [5, 5.41) is 0. The molecule has 23 heavy (non-hydrogen) atoms. The molecule has 0 N–H and O–H groups in total. The van der Waals surface area contributed by atoms with Crippen molar-refractivity contribution in [2.24, 2.45) is 4.99 Å². The topological polar surface area (TPSA) is 47.9 Å². The Morgan fingerprint density at radius 2 is 1.74 bits per heavy atom. The number of hydrogen-bond donors (Lipinski definition) is 0. The van der Waals surface area contributed by atoms with Gasteiger partial charge in [0.15, 0.2) is 0 Å². The number of benzene rings is 1. The monoisotopic (exact) mass is 347 g/mol. The maximum atomic E-state index is 13.0. The van der Waals surface area contributed by atoms with Gasteiger partial charge in [-0.1, -0.05) is 19.6 Å². The fraction of sp³-hybridized carbons (Fsp3) is 0.467. The van der Waals surface area contributed by atoms with Gasteiger partial charge in [0.2, 0.25) is 5.71 Å². The van der Waals surface area contributed by atoms with Crippen molar-refractivity contribution < 1.29 is 27.4 Å². The van der Waals surface area contributed by atoms with E-state index in [0.29, 0.717) is 11.8 Å². The molecule has 0 spiro atoms. The lowest BCUT2D eigenvalue weighted by molar-refractivity contribution is -0.139. The van der Waals surface area contributed by atoms with Gasteiger partial charge in [0.1, 0.15) is 5.75 Å². The predicted molar refractivity (Wildman–Crippen MR) is 85.3 cm³/mol. The van der Waals surface area contributed by atoms with E-state index in [4.69, 9.17) is 9.47 Å². The van der Waals surface area contributed by atoms with Crippen LogP contribution in [0.3, 0.4) is 0 Å². The highest BCUT2D eigenvalue weighted by molar-refractivity contribution is 6.76. The Kier molecular flexibility index (Phi) is 6.37. The third-order valence-corrected chi connectivity index (χ3v) is 4.56. The minimum Gasteiger partial charge on any atom is -0.497 e. The van der Waals surface area contributed by atoms with E-state index in [2.05, 4.69) is 4.99 Å². The van der Waals surface area contributed by atoms with Crippen molar-refractivity contribution >= 4 is 25.4 Å². The molecule has 1 aromatic carbocycles. The molecule has 0 aromatic heterocycles. The SMILES string of the molecule is COc1ccc(N=C(C(=O)OCC[Si](C)(C)C)C(F)(F)F)cc1. The van der Waals surface area contributed by atoms with Crippen LogP contribution in [0.1, 0.15) is 0 Å². The molecule has 128 valence electrons. The molecule has 8 heteroatoms. The molecular weight excluding hydrogens is 327 g/mol. The number of hydrogen-bond acceptors (Lipinski definition) is 4. The van der Waals surface area contributed by atoms with Crippen molar-refractivity contribution in [3.63, 3.8) is 0 Å². The lowest BCUT2D eigenvalue weighted by Gasteiger charge is -2.16. The molecule has 1 rings (SSSR count). The Morgan fingerprint density at radius 1 is 1.17 bits per heavy atom. The first-order valence-corrected chi connectivity index (χ1v) is 10.7. The summed E-state index contributed by atoms with van der Waals surface area (Å²) in [4.78, 5) is 15.1. The first-order valence-electron chi connectivity index (χ1n) is 7.00. The van der Waals surface area contributed by atoms with Gasteiger partial charge in [-0.3, -0.25) is 0 Å². The molecule has 0 saturated heterocycles. The van der Waals surface area contributed by atoms with E-state index in [-0.39, 0.29) is 12.3 Å². The molecule has 0 atom stereocenters. The second-order valence-electron chi connectivity index (χ2n) is 6.10. The third-order valence-electron chi connectivity index (χ3n) is 2.86. The van der Waals surface area contributed by atoms with Crippen LogP contribution in [-0.4, -0.2) is 39.6 Å². The van der Waals surface area contributed by atoms with Crippen LogP contribution in [-0.2, 0) is 9.53 Å². The minimum atomic E-state index is -4.88. The molecular formula is C15H20F3NO3Si. The van der Waals surface area contributed by atoms with Gasteiger partial charge in [0, 0.05) is 8.07 Å². The van der Waals surface area contributed by atoms with Crippen LogP contribution in [0.4, 0.5) is 18.9 Å². The van der Waals surface area contributed by atoms with Crippen molar-refractivity contribution in [2.45, 2.75) is 31.9 Å². The van der Waals surface area contributed by atoms with Crippen molar-refractivity contribution in [3.8, 4) is 5.75 Å². The van der Waals surface area contributed by atoms with E-state index in [1.807, 2.05) is 19.6 Å². The molecule has 0 aliphatic rings. The molecule has 1 aromatic rings. The fourth-order valence-electron chi connectivity index (χ4n) is 1.53. The number of carbonyl (C=O) groups is 1. The Hall–Kier alpha value is -1.83. The number of carbonyl (C=O) groups excluding carboxylic acids is 1.